The van der Waals surface area contributed by atoms with Gasteiger partial charge in [0.2, 0.25) is 5.91 Å². The predicted molar refractivity (Wildman–Crippen MR) is 114 cm³/mol. The second-order valence-electron chi connectivity index (χ2n) is 7.44. The second-order valence-corrected chi connectivity index (χ2v) is 7.44. The average Bonchev–Trinajstić information content (AvgIpc) is 3.11. The van der Waals surface area contributed by atoms with Gasteiger partial charge in [-0.25, -0.2) is 0 Å². The molecule has 1 N–H and O–H groups in total. The number of carbonyl (C=O) groups excluding carboxylic acids is 1. The van der Waals surface area contributed by atoms with Crippen molar-refractivity contribution in [2.24, 2.45) is 5.92 Å². The highest BCUT2D eigenvalue weighted by atomic mass is 16.5. The third-order valence-corrected chi connectivity index (χ3v) is 4.79. The quantitative estimate of drug-likeness (QED) is 0.570. The van der Waals surface area contributed by atoms with E-state index in [4.69, 9.17) is 9.15 Å². The van der Waals surface area contributed by atoms with Crippen LogP contribution in [0.1, 0.15) is 31.9 Å². The van der Waals surface area contributed by atoms with Gasteiger partial charge in [-0.15, -0.1) is 0 Å². The Labute approximate surface area is 166 Å². The largest absolute Gasteiger partial charge is 0.496 e. The van der Waals surface area contributed by atoms with Crippen LogP contribution in [0.25, 0.3) is 27.7 Å². The van der Waals surface area contributed by atoms with Crippen LogP contribution < -0.4 is 10.1 Å². The van der Waals surface area contributed by atoms with Crippen LogP contribution in [0.2, 0.25) is 0 Å². The lowest BCUT2D eigenvalue weighted by Crippen LogP contribution is -2.25. The van der Waals surface area contributed by atoms with Gasteiger partial charge in [0.1, 0.15) is 11.3 Å². The molecule has 0 atom stereocenters. The van der Waals surface area contributed by atoms with Gasteiger partial charge < -0.3 is 14.5 Å². The Morgan fingerprint density at radius 2 is 1.96 bits per heavy atom. The van der Waals surface area contributed by atoms with Crippen LogP contribution in [0.5, 0.6) is 5.75 Å². The maximum Gasteiger partial charge on any atom is 0.244 e. The van der Waals surface area contributed by atoms with Gasteiger partial charge >= 0.3 is 0 Å². The third kappa shape index (κ3) is 3.96. The SMILES string of the molecule is COc1c(/C(C)=C/C(=O)NCC(C)C)cc2c(-c3ccccc3)coc2c1C. The van der Waals surface area contributed by atoms with Crippen molar-refractivity contribution in [1.29, 1.82) is 0 Å². The first-order chi connectivity index (χ1) is 13.4. The van der Waals surface area contributed by atoms with E-state index in [1.165, 1.54) is 0 Å². The van der Waals surface area contributed by atoms with Crippen molar-refractivity contribution in [3.05, 3.63) is 59.9 Å². The molecule has 0 spiro atoms. The van der Waals surface area contributed by atoms with Crippen LogP contribution in [-0.2, 0) is 4.79 Å². The van der Waals surface area contributed by atoms with Crippen molar-refractivity contribution in [2.75, 3.05) is 13.7 Å². The van der Waals surface area contributed by atoms with Gasteiger partial charge in [-0.05, 0) is 37.0 Å². The molecule has 146 valence electrons. The van der Waals surface area contributed by atoms with E-state index in [0.717, 1.165) is 44.5 Å². The Morgan fingerprint density at radius 1 is 1.25 bits per heavy atom. The second kappa shape index (κ2) is 8.34. The number of fused-ring (bicyclic) bond motifs is 1. The summed E-state index contributed by atoms with van der Waals surface area (Å²) in [6.07, 6.45) is 3.42. The number of hydrogen-bond donors (Lipinski definition) is 1. The van der Waals surface area contributed by atoms with Crippen LogP contribution in [-0.4, -0.2) is 19.6 Å². The summed E-state index contributed by atoms with van der Waals surface area (Å²) in [5.41, 5.74) is 5.59. The van der Waals surface area contributed by atoms with Gasteiger partial charge in [0.05, 0.1) is 13.4 Å². The fourth-order valence-corrected chi connectivity index (χ4v) is 3.34. The molecule has 28 heavy (non-hydrogen) atoms. The number of rotatable bonds is 6. The molecule has 4 heteroatoms. The molecule has 0 saturated heterocycles. The van der Waals surface area contributed by atoms with Crippen LogP contribution in [0.4, 0.5) is 0 Å². The molecule has 1 heterocycles. The molecule has 1 aromatic heterocycles. The molecule has 3 rings (SSSR count). The molecule has 3 aromatic rings. The van der Waals surface area contributed by atoms with Crippen molar-refractivity contribution in [1.82, 2.24) is 5.32 Å². The molecular formula is C24H27NO3. The van der Waals surface area contributed by atoms with E-state index in [-0.39, 0.29) is 5.91 Å². The van der Waals surface area contributed by atoms with Gasteiger partial charge in [-0.1, -0.05) is 44.2 Å². The number of aryl methyl sites for hydroxylation is 1. The van der Waals surface area contributed by atoms with Crippen molar-refractivity contribution in [3.8, 4) is 16.9 Å². The fourth-order valence-electron chi connectivity index (χ4n) is 3.34. The van der Waals surface area contributed by atoms with Crippen LogP contribution in [0.15, 0.2) is 53.2 Å². The number of nitrogens with one attached hydrogen (secondary N) is 1. The molecule has 0 fully saturated rings. The minimum absolute atomic E-state index is 0.0959. The minimum Gasteiger partial charge on any atom is -0.496 e. The maximum atomic E-state index is 12.3. The van der Waals surface area contributed by atoms with E-state index in [9.17, 15) is 4.79 Å². The van der Waals surface area contributed by atoms with Crippen LogP contribution in [0.3, 0.4) is 0 Å². The van der Waals surface area contributed by atoms with E-state index in [1.54, 1.807) is 19.4 Å². The number of carbonyl (C=O) groups is 1. The molecule has 4 nitrogen and oxygen atoms in total. The van der Waals surface area contributed by atoms with Crippen LogP contribution >= 0.6 is 0 Å². The molecule has 0 unspecified atom stereocenters. The van der Waals surface area contributed by atoms with Crippen molar-refractivity contribution < 1.29 is 13.9 Å². The highest BCUT2D eigenvalue weighted by molar-refractivity contribution is 6.01. The monoisotopic (exact) mass is 377 g/mol. The highest BCUT2D eigenvalue weighted by Gasteiger charge is 2.18. The Hall–Kier alpha value is -3.01. The summed E-state index contributed by atoms with van der Waals surface area (Å²) in [5.74, 6) is 1.04. The summed E-state index contributed by atoms with van der Waals surface area (Å²) in [6.45, 7) is 8.70. The minimum atomic E-state index is -0.0959. The zero-order chi connectivity index (χ0) is 20.3. The van der Waals surface area contributed by atoms with Crippen molar-refractivity contribution in [3.63, 3.8) is 0 Å². The van der Waals surface area contributed by atoms with Gasteiger partial charge in [0, 0.05) is 34.7 Å². The van der Waals surface area contributed by atoms with E-state index in [1.807, 2.05) is 32.0 Å². The van der Waals surface area contributed by atoms with Gasteiger partial charge in [0.15, 0.2) is 0 Å². The van der Waals surface area contributed by atoms with E-state index >= 15 is 0 Å². The lowest BCUT2D eigenvalue weighted by atomic mass is 9.96. The lowest BCUT2D eigenvalue weighted by molar-refractivity contribution is -0.116. The molecule has 1 amide bonds. The van der Waals surface area contributed by atoms with Crippen molar-refractivity contribution in [2.45, 2.75) is 27.7 Å². The first kappa shape index (κ1) is 19.7. The normalized spacial score (nSPS) is 11.9. The number of amides is 1. The number of allylic oxidation sites excluding steroid dienone is 1. The molecule has 0 aliphatic rings. The van der Waals surface area contributed by atoms with Crippen molar-refractivity contribution >= 4 is 22.4 Å². The third-order valence-electron chi connectivity index (χ3n) is 4.79. The highest BCUT2D eigenvalue weighted by Crippen LogP contribution is 2.40. The first-order valence-corrected chi connectivity index (χ1v) is 9.53. The Kier molecular flexibility index (Phi) is 5.88. The van der Waals surface area contributed by atoms with Gasteiger partial charge in [0.25, 0.3) is 0 Å². The lowest BCUT2D eigenvalue weighted by Gasteiger charge is -2.13. The van der Waals surface area contributed by atoms with E-state index in [0.29, 0.717) is 12.5 Å². The maximum absolute atomic E-state index is 12.3. The number of methoxy groups -OCH3 is 1. The Balaban J connectivity index is 2.10. The molecule has 0 bridgehead atoms. The van der Waals surface area contributed by atoms with E-state index < -0.39 is 0 Å². The van der Waals surface area contributed by atoms with Crippen LogP contribution in [0, 0.1) is 12.8 Å². The van der Waals surface area contributed by atoms with Gasteiger partial charge in [-0.3, -0.25) is 4.79 Å². The molecular weight excluding hydrogens is 350 g/mol. The standard InChI is InChI=1S/C24H27NO3/c1-15(2)13-25-22(26)11-16(3)19-12-20-21(18-9-7-6-8-10-18)14-28-24(20)17(4)23(19)27-5/h6-12,14-15H,13H2,1-5H3,(H,25,26)/b16-11+. The van der Waals surface area contributed by atoms with E-state index in [2.05, 4.69) is 37.4 Å². The number of hydrogen-bond acceptors (Lipinski definition) is 3. The first-order valence-electron chi connectivity index (χ1n) is 9.53. The number of ether oxygens (including phenoxy) is 1. The summed E-state index contributed by atoms with van der Waals surface area (Å²) in [4.78, 5) is 12.3. The zero-order valence-corrected chi connectivity index (χ0v) is 17.1. The predicted octanol–water partition coefficient (Wildman–Crippen LogP) is 5.59. The fraction of sp³-hybridized carbons (Fsp3) is 0.292. The summed E-state index contributed by atoms with van der Waals surface area (Å²) >= 11 is 0. The summed E-state index contributed by atoms with van der Waals surface area (Å²) in [6, 6.07) is 12.2. The summed E-state index contributed by atoms with van der Waals surface area (Å²) in [5, 5.41) is 3.94. The molecule has 0 aliphatic heterocycles. The number of furan rings is 1. The summed E-state index contributed by atoms with van der Waals surface area (Å²) in [7, 11) is 1.64. The molecule has 2 aromatic carbocycles. The number of benzene rings is 2. The zero-order valence-electron chi connectivity index (χ0n) is 17.1. The molecule has 0 saturated carbocycles. The van der Waals surface area contributed by atoms with Gasteiger partial charge in [-0.2, -0.15) is 0 Å². The summed E-state index contributed by atoms with van der Waals surface area (Å²) < 4.78 is 11.5. The Bertz CT molecular complexity index is 1010. The smallest absolute Gasteiger partial charge is 0.244 e. The average molecular weight is 377 g/mol. The topological polar surface area (TPSA) is 51.5 Å². The molecule has 0 radical (unpaired) electrons. The molecule has 0 aliphatic carbocycles. The Morgan fingerprint density at radius 3 is 2.61 bits per heavy atom.